The van der Waals surface area contributed by atoms with Crippen molar-refractivity contribution in [1.82, 2.24) is 0 Å². The molecular formula is C17H28O. The second-order valence-corrected chi connectivity index (χ2v) is 5.08. The maximum atomic E-state index is 5.89. The second kappa shape index (κ2) is 9.02. The summed E-state index contributed by atoms with van der Waals surface area (Å²) < 4.78 is 5.89. The number of hydrogen-bond donors (Lipinski definition) is 0. The van der Waals surface area contributed by atoms with Crippen LogP contribution in [0.1, 0.15) is 63.5 Å². The van der Waals surface area contributed by atoms with E-state index >= 15 is 0 Å². The summed E-state index contributed by atoms with van der Waals surface area (Å²) in [5.74, 6) is 1.08. The first-order valence-electron chi connectivity index (χ1n) is 7.50. The van der Waals surface area contributed by atoms with E-state index in [1.165, 1.54) is 49.7 Å². The van der Waals surface area contributed by atoms with Gasteiger partial charge in [0.1, 0.15) is 5.75 Å². The highest BCUT2D eigenvalue weighted by Gasteiger charge is 2.01. The molecule has 0 N–H and O–H groups in total. The van der Waals surface area contributed by atoms with Crippen molar-refractivity contribution in [2.24, 2.45) is 0 Å². The van der Waals surface area contributed by atoms with Gasteiger partial charge in [-0.15, -0.1) is 0 Å². The van der Waals surface area contributed by atoms with Crippen molar-refractivity contribution in [1.29, 1.82) is 0 Å². The highest BCUT2D eigenvalue weighted by molar-refractivity contribution is 5.36. The molecule has 1 heteroatoms. The van der Waals surface area contributed by atoms with E-state index in [0.717, 1.165) is 18.8 Å². The summed E-state index contributed by atoms with van der Waals surface area (Å²) in [6, 6.07) is 6.48. The zero-order valence-electron chi connectivity index (χ0n) is 12.3. The lowest BCUT2D eigenvalue weighted by Crippen LogP contribution is -2.00. The van der Waals surface area contributed by atoms with Crippen LogP contribution in [0.25, 0.3) is 0 Å². The van der Waals surface area contributed by atoms with Gasteiger partial charge in [-0.05, 0) is 31.4 Å². The lowest BCUT2D eigenvalue weighted by molar-refractivity contribution is 0.301. The average molecular weight is 248 g/mol. The quantitative estimate of drug-likeness (QED) is 0.539. The smallest absolute Gasteiger partial charge is 0.122 e. The zero-order valence-corrected chi connectivity index (χ0v) is 12.3. The molecule has 102 valence electrons. The fourth-order valence-electron chi connectivity index (χ4n) is 2.19. The molecule has 0 atom stereocenters. The Morgan fingerprint density at radius 1 is 0.944 bits per heavy atom. The molecular weight excluding hydrogens is 220 g/mol. The van der Waals surface area contributed by atoms with E-state index in [1.54, 1.807) is 0 Å². The van der Waals surface area contributed by atoms with Gasteiger partial charge < -0.3 is 4.74 Å². The second-order valence-electron chi connectivity index (χ2n) is 5.08. The molecule has 0 saturated heterocycles. The SMILES string of the molecule is CCCCCCCCOc1ccc(C)cc1CC. The van der Waals surface area contributed by atoms with E-state index in [0.29, 0.717) is 0 Å². The van der Waals surface area contributed by atoms with Gasteiger partial charge in [-0.2, -0.15) is 0 Å². The van der Waals surface area contributed by atoms with Crippen LogP contribution in [0.4, 0.5) is 0 Å². The molecule has 0 spiro atoms. The van der Waals surface area contributed by atoms with Crippen molar-refractivity contribution in [2.75, 3.05) is 6.61 Å². The minimum absolute atomic E-state index is 0.863. The van der Waals surface area contributed by atoms with Crippen molar-refractivity contribution < 1.29 is 4.74 Å². The Bertz CT molecular complexity index is 330. The molecule has 0 fully saturated rings. The Balaban J connectivity index is 2.22. The minimum Gasteiger partial charge on any atom is -0.493 e. The van der Waals surface area contributed by atoms with Crippen LogP contribution in [-0.4, -0.2) is 6.61 Å². The van der Waals surface area contributed by atoms with E-state index < -0.39 is 0 Å². The van der Waals surface area contributed by atoms with E-state index in [4.69, 9.17) is 4.74 Å². The molecule has 18 heavy (non-hydrogen) atoms. The predicted octanol–water partition coefficient (Wildman–Crippen LogP) is 5.30. The molecule has 0 saturated carbocycles. The van der Waals surface area contributed by atoms with E-state index in [2.05, 4.69) is 39.0 Å². The van der Waals surface area contributed by atoms with Crippen molar-refractivity contribution in [3.8, 4) is 5.75 Å². The Kier molecular flexibility index (Phi) is 7.55. The Morgan fingerprint density at radius 3 is 2.39 bits per heavy atom. The van der Waals surface area contributed by atoms with Gasteiger partial charge in [0.15, 0.2) is 0 Å². The first-order valence-corrected chi connectivity index (χ1v) is 7.50. The summed E-state index contributed by atoms with van der Waals surface area (Å²) in [4.78, 5) is 0. The Labute approximate surface area is 113 Å². The monoisotopic (exact) mass is 248 g/mol. The highest BCUT2D eigenvalue weighted by Crippen LogP contribution is 2.21. The fraction of sp³-hybridized carbons (Fsp3) is 0.647. The van der Waals surface area contributed by atoms with Crippen LogP contribution in [0, 0.1) is 6.92 Å². The largest absolute Gasteiger partial charge is 0.493 e. The van der Waals surface area contributed by atoms with Gasteiger partial charge in [-0.3, -0.25) is 0 Å². The highest BCUT2D eigenvalue weighted by atomic mass is 16.5. The molecule has 0 aliphatic rings. The molecule has 1 rings (SSSR count). The van der Waals surface area contributed by atoms with Crippen molar-refractivity contribution >= 4 is 0 Å². The Morgan fingerprint density at radius 2 is 1.67 bits per heavy atom. The van der Waals surface area contributed by atoms with Gasteiger partial charge >= 0.3 is 0 Å². The maximum Gasteiger partial charge on any atom is 0.122 e. The van der Waals surface area contributed by atoms with Crippen LogP contribution in [0.3, 0.4) is 0 Å². The molecule has 0 amide bonds. The number of aryl methyl sites for hydroxylation is 2. The molecule has 0 heterocycles. The van der Waals surface area contributed by atoms with Gasteiger partial charge in [0.2, 0.25) is 0 Å². The predicted molar refractivity (Wildman–Crippen MR) is 79.4 cm³/mol. The third kappa shape index (κ3) is 5.57. The molecule has 0 aliphatic heterocycles. The van der Waals surface area contributed by atoms with Gasteiger partial charge in [-0.1, -0.05) is 63.6 Å². The molecule has 1 aromatic carbocycles. The molecule has 0 aromatic heterocycles. The van der Waals surface area contributed by atoms with Crippen LogP contribution < -0.4 is 4.74 Å². The van der Waals surface area contributed by atoms with Gasteiger partial charge in [0, 0.05) is 0 Å². The average Bonchev–Trinajstić information content (AvgIpc) is 2.39. The maximum absolute atomic E-state index is 5.89. The number of rotatable bonds is 9. The van der Waals surface area contributed by atoms with E-state index in [-0.39, 0.29) is 0 Å². The van der Waals surface area contributed by atoms with Crippen molar-refractivity contribution in [2.45, 2.75) is 65.7 Å². The van der Waals surface area contributed by atoms with E-state index in [1.807, 2.05) is 0 Å². The summed E-state index contributed by atoms with van der Waals surface area (Å²) in [5, 5.41) is 0. The number of hydrogen-bond acceptors (Lipinski definition) is 1. The van der Waals surface area contributed by atoms with E-state index in [9.17, 15) is 0 Å². The zero-order chi connectivity index (χ0) is 13.2. The summed E-state index contributed by atoms with van der Waals surface area (Å²) >= 11 is 0. The van der Waals surface area contributed by atoms with Crippen LogP contribution in [0.15, 0.2) is 18.2 Å². The fourth-order valence-corrected chi connectivity index (χ4v) is 2.19. The summed E-state index contributed by atoms with van der Waals surface area (Å²) in [7, 11) is 0. The third-order valence-corrected chi connectivity index (χ3v) is 3.35. The van der Waals surface area contributed by atoms with Crippen LogP contribution in [0.5, 0.6) is 5.75 Å². The Hall–Kier alpha value is -0.980. The lowest BCUT2D eigenvalue weighted by atomic mass is 10.1. The number of unbranched alkanes of at least 4 members (excludes halogenated alkanes) is 5. The standard InChI is InChI=1S/C17H28O/c1-4-6-7-8-9-10-13-18-17-12-11-15(3)14-16(17)5-2/h11-12,14H,4-10,13H2,1-3H3. The summed E-state index contributed by atoms with van der Waals surface area (Å²) in [6.07, 6.45) is 8.95. The molecule has 1 aromatic rings. The van der Waals surface area contributed by atoms with Gasteiger partial charge in [-0.25, -0.2) is 0 Å². The van der Waals surface area contributed by atoms with Crippen molar-refractivity contribution in [3.63, 3.8) is 0 Å². The van der Waals surface area contributed by atoms with Crippen molar-refractivity contribution in [3.05, 3.63) is 29.3 Å². The lowest BCUT2D eigenvalue weighted by Gasteiger charge is -2.11. The summed E-state index contributed by atoms with van der Waals surface area (Å²) in [5.41, 5.74) is 2.65. The van der Waals surface area contributed by atoms with Gasteiger partial charge in [0.05, 0.1) is 6.61 Å². The third-order valence-electron chi connectivity index (χ3n) is 3.35. The van der Waals surface area contributed by atoms with Crippen LogP contribution in [0.2, 0.25) is 0 Å². The number of benzene rings is 1. The molecule has 0 radical (unpaired) electrons. The van der Waals surface area contributed by atoms with Crippen LogP contribution >= 0.6 is 0 Å². The molecule has 0 unspecified atom stereocenters. The minimum atomic E-state index is 0.863. The summed E-state index contributed by atoms with van der Waals surface area (Å²) in [6.45, 7) is 7.44. The first-order chi connectivity index (χ1) is 8.77. The van der Waals surface area contributed by atoms with Gasteiger partial charge in [0.25, 0.3) is 0 Å². The first kappa shape index (κ1) is 15.1. The molecule has 1 nitrogen and oxygen atoms in total. The topological polar surface area (TPSA) is 9.23 Å². The normalized spacial score (nSPS) is 10.6. The molecule has 0 bridgehead atoms. The molecule has 0 aliphatic carbocycles. The van der Waals surface area contributed by atoms with Crippen LogP contribution in [-0.2, 0) is 6.42 Å². The number of ether oxygens (including phenoxy) is 1.